The van der Waals surface area contributed by atoms with Gasteiger partial charge >= 0.3 is 0 Å². The first kappa shape index (κ1) is 18.4. The third kappa shape index (κ3) is 3.57. The lowest BCUT2D eigenvalue weighted by Gasteiger charge is -2.10. The summed E-state index contributed by atoms with van der Waals surface area (Å²) in [4.78, 5) is 24.9. The molecular weight excluding hydrogens is 396 g/mol. The van der Waals surface area contributed by atoms with E-state index in [1.54, 1.807) is 30.4 Å². The number of rotatable bonds is 5. The minimum absolute atomic E-state index is 0.157. The standard InChI is InChI=1S/C17H11ClN2O4S2/c1-2-7-19-16(21)15(26-17(19)25)9-11-4-6-14(24-11)12-5-3-10(18)8-13(12)20(22)23/h2-6,8-9H,1,7H2/b15-9-. The fourth-order valence-corrected chi connectivity index (χ4v) is 3.78. The van der Waals surface area contributed by atoms with E-state index >= 15 is 0 Å². The lowest BCUT2D eigenvalue weighted by atomic mass is 10.1. The zero-order valence-corrected chi connectivity index (χ0v) is 15.6. The highest BCUT2D eigenvalue weighted by Gasteiger charge is 2.31. The Bertz CT molecular complexity index is 967. The van der Waals surface area contributed by atoms with Crippen molar-refractivity contribution < 1.29 is 14.1 Å². The Morgan fingerprint density at radius 2 is 2.15 bits per heavy atom. The second-order valence-electron chi connectivity index (χ2n) is 5.20. The molecule has 0 bridgehead atoms. The van der Waals surface area contributed by atoms with Crippen LogP contribution >= 0.6 is 35.6 Å². The number of benzene rings is 1. The maximum atomic E-state index is 12.3. The summed E-state index contributed by atoms with van der Waals surface area (Å²) in [5, 5.41) is 11.5. The predicted octanol–water partition coefficient (Wildman–Crippen LogP) is 4.90. The van der Waals surface area contributed by atoms with Crippen molar-refractivity contribution >= 4 is 57.6 Å². The molecule has 1 aromatic carbocycles. The van der Waals surface area contributed by atoms with Crippen LogP contribution in [-0.2, 0) is 4.79 Å². The van der Waals surface area contributed by atoms with Crippen LogP contribution in [0.1, 0.15) is 5.76 Å². The number of furan rings is 1. The third-order valence-electron chi connectivity index (χ3n) is 3.51. The van der Waals surface area contributed by atoms with Crippen molar-refractivity contribution in [2.24, 2.45) is 0 Å². The van der Waals surface area contributed by atoms with Gasteiger partial charge in [0.1, 0.15) is 15.8 Å². The van der Waals surface area contributed by atoms with Gasteiger partial charge in [0.25, 0.3) is 11.6 Å². The highest BCUT2D eigenvalue weighted by molar-refractivity contribution is 8.26. The van der Waals surface area contributed by atoms with E-state index in [0.29, 0.717) is 32.9 Å². The molecule has 2 heterocycles. The number of nitro groups is 1. The van der Waals surface area contributed by atoms with Crippen LogP contribution in [0, 0.1) is 10.1 Å². The minimum atomic E-state index is -0.524. The molecule has 6 nitrogen and oxygen atoms in total. The summed E-state index contributed by atoms with van der Waals surface area (Å²) in [6.45, 7) is 3.94. The molecule has 1 fully saturated rings. The van der Waals surface area contributed by atoms with Gasteiger partial charge in [0.2, 0.25) is 0 Å². The quantitative estimate of drug-likeness (QED) is 0.231. The van der Waals surface area contributed by atoms with E-state index in [1.165, 1.54) is 28.8 Å². The molecule has 0 unspecified atom stereocenters. The fourth-order valence-electron chi connectivity index (χ4n) is 2.36. The maximum absolute atomic E-state index is 12.3. The molecule has 132 valence electrons. The Kier molecular flexibility index (Phi) is 5.26. The number of carbonyl (C=O) groups excluding carboxylic acids is 1. The van der Waals surface area contributed by atoms with E-state index in [-0.39, 0.29) is 16.6 Å². The number of amides is 1. The fraction of sp³-hybridized carbons (Fsp3) is 0.0588. The number of thioether (sulfide) groups is 1. The molecule has 2 aromatic rings. The molecule has 3 rings (SSSR count). The second-order valence-corrected chi connectivity index (χ2v) is 7.31. The van der Waals surface area contributed by atoms with Crippen LogP contribution in [0.3, 0.4) is 0 Å². The summed E-state index contributed by atoms with van der Waals surface area (Å²) in [6.07, 6.45) is 3.16. The average Bonchev–Trinajstić information content (AvgIpc) is 3.15. The topological polar surface area (TPSA) is 76.6 Å². The summed E-state index contributed by atoms with van der Waals surface area (Å²) >= 11 is 12.2. The zero-order chi connectivity index (χ0) is 18.8. The van der Waals surface area contributed by atoms with Crippen molar-refractivity contribution in [1.82, 2.24) is 4.90 Å². The van der Waals surface area contributed by atoms with E-state index in [1.807, 2.05) is 0 Å². The average molecular weight is 407 g/mol. The molecule has 0 saturated carbocycles. The van der Waals surface area contributed by atoms with Gasteiger partial charge in [-0.05, 0) is 24.3 Å². The largest absolute Gasteiger partial charge is 0.456 e. The molecular formula is C17H11ClN2O4S2. The van der Waals surface area contributed by atoms with E-state index in [0.717, 1.165) is 0 Å². The molecule has 0 aliphatic carbocycles. The van der Waals surface area contributed by atoms with E-state index in [4.69, 9.17) is 28.2 Å². The number of hydrogen-bond acceptors (Lipinski definition) is 6. The Morgan fingerprint density at radius 3 is 2.85 bits per heavy atom. The first-order valence-corrected chi connectivity index (χ1v) is 8.91. The zero-order valence-electron chi connectivity index (χ0n) is 13.2. The van der Waals surface area contributed by atoms with Gasteiger partial charge in [0.15, 0.2) is 0 Å². The Balaban J connectivity index is 1.92. The summed E-state index contributed by atoms with van der Waals surface area (Å²) < 4.78 is 6.12. The van der Waals surface area contributed by atoms with Crippen LogP contribution in [0.15, 0.2) is 52.3 Å². The minimum Gasteiger partial charge on any atom is -0.456 e. The maximum Gasteiger partial charge on any atom is 0.281 e. The van der Waals surface area contributed by atoms with E-state index in [9.17, 15) is 14.9 Å². The molecule has 26 heavy (non-hydrogen) atoms. The Hall–Kier alpha value is -2.42. The normalized spacial score (nSPS) is 15.7. The monoisotopic (exact) mass is 406 g/mol. The number of nitro benzene ring substituents is 1. The van der Waals surface area contributed by atoms with Gasteiger partial charge in [-0.25, -0.2) is 0 Å². The van der Waals surface area contributed by atoms with Gasteiger partial charge in [-0.3, -0.25) is 19.8 Å². The van der Waals surface area contributed by atoms with Crippen LogP contribution in [0.25, 0.3) is 17.4 Å². The Labute approximate surface area is 163 Å². The lowest BCUT2D eigenvalue weighted by molar-refractivity contribution is -0.384. The molecule has 1 aliphatic rings. The van der Waals surface area contributed by atoms with Gasteiger partial charge in [0.05, 0.1) is 15.4 Å². The smallest absolute Gasteiger partial charge is 0.281 e. The molecule has 1 saturated heterocycles. The van der Waals surface area contributed by atoms with Crippen molar-refractivity contribution in [3.63, 3.8) is 0 Å². The van der Waals surface area contributed by atoms with Gasteiger partial charge in [-0.15, -0.1) is 6.58 Å². The molecule has 1 aromatic heterocycles. The Morgan fingerprint density at radius 1 is 1.38 bits per heavy atom. The van der Waals surface area contributed by atoms with Crippen LogP contribution in [0.2, 0.25) is 5.02 Å². The molecule has 1 amide bonds. The molecule has 1 aliphatic heterocycles. The summed E-state index contributed by atoms with van der Waals surface area (Å²) in [6, 6.07) is 7.57. The molecule has 0 atom stereocenters. The van der Waals surface area contributed by atoms with Gasteiger partial charge in [-0.1, -0.05) is 41.7 Å². The highest BCUT2D eigenvalue weighted by atomic mass is 35.5. The number of nitrogens with zero attached hydrogens (tertiary/aromatic N) is 2. The third-order valence-corrected chi connectivity index (χ3v) is 5.12. The van der Waals surface area contributed by atoms with Crippen LogP contribution in [0.5, 0.6) is 0 Å². The predicted molar refractivity (Wildman–Crippen MR) is 106 cm³/mol. The van der Waals surface area contributed by atoms with Crippen LogP contribution in [-0.4, -0.2) is 26.6 Å². The molecule has 9 heteroatoms. The van der Waals surface area contributed by atoms with Crippen LogP contribution in [0.4, 0.5) is 5.69 Å². The number of thiocarbonyl (C=S) groups is 1. The van der Waals surface area contributed by atoms with Crippen molar-refractivity contribution in [1.29, 1.82) is 0 Å². The summed E-state index contributed by atoms with van der Waals surface area (Å²) in [5.74, 6) is 0.472. The first-order valence-electron chi connectivity index (χ1n) is 7.31. The number of halogens is 1. The summed E-state index contributed by atoms with van der Waals surface area (Å²) in [5.41, 5.74) is 0.147. The van der Waals surface area contributed by atoms with Gasteiger partial charge in [-0.2, -0.15) is 0 Å². The summed E-state index contributed by atoms with van der Waals surface area (Å²) in [7, 11) is 0. The van der Waals surface area contributed by atoms with Gasteiger partial charge < -0.3 is 4.42 Å². The van der Waals surface area contributed by atoms with Crippen molar-refractivity contribution in [3.05, 3.63) is 68.8 Å². The molecule has 0 radical (unpaired) electrons. The number of carbonyl (C=O) groups is 1. The van der Waals surface area contributed by atoms with Gasteiger partial charge in [0, 0.05) is 23.7 Å². The lowest BCUT2D eigenvalue weighted by Crippen LogP contribution is -2.27. The van der Waals surface area contributed by atoms with Crippen molar-refractivity contribution in [3.8, 4) is 11.3 Å². The second kappa shape index (κ2) is 7.45. The molecule has 0 N–H and O–H groups in total. The number of hydrogen-bond donors (Lipinski definition) is 0. The molecule has 0 spiro atoms. The SMILES string of the molecule is C=CCN1C(=O)/C(=C/c2ccc(-c3ccc(Cl)cc3[N+](=O)[O-])o2)SC1=S. The van der Waals surface area contributed by atoms with Crippen molar-refractivity contribution in [2.75, 3.05) is 6.54 Å². The first-order chi connectivity index (χ1) is 12.4. The van der Waals surface area contributed by atoms with Crippen LogP contribution < -0.4 is 0 Å². The van der Waals surface area contributed by atoms with E-state index < -0.39 is 4.92 Å². The van der Waals surface area contributed by atoms with E-state index in [2.05, 4.69) is 6.58 Å². The highest BCUT2D eigenvalue weighted by Crippen LogP contribution is 2.36. The van der Waals surface area contributed by atoms with Crippen molar-refractivity contribution in [2.45, 2.75) is 0 Å².